The van der Waals surface area contributed by atoms with E-state index in [0.717, 1.165) is 6.42 Å². The fourth-order valence-electron chi connectivity index (χ4n) is 1.54. The largest absolute Gasteiger partial charge is 0.485 e. The van der Waals surface area contributed by atoms with E-state index in [0.29, 0.717) is 23.9 Å². The van der Waals surface area contributed by atoms with Crippen molar-refractivity contribution >= 4 is 17.5 Å². The highest BCUT2D eigenvalue weighted by atomic mass is 35.5. The van der Waals surface area contributed by atoms with E-state index in [2.05, 4.69) is 5.32 Å². The molecule has 0 fully saturated rings. The van der Waals surface area contributed by atoms with Crippen LogP contribution >= 0.6 is 11.6 Å². The number of ether oxygens (including phenoxy) is 2. The summed E-state index contributed by atoms with van der Waals surface area (Å²) >= 11 is 5.53. The standard InChI is InChI=1S/C12H14ClNO3/c13-6-3-7-14-12(15)11-8-16-9-4-1-2-5-10(9)17-11/h1-2,4-5,11H,3,6-8H2,(H,14,15). The number of hydrogen-bond donors (Lipinski definition) is 1. The first-order valence-electron chi connectivity index (χ1n) is 5.53. The Labute approximate surface area is 105 Å². The fourth-order valence-corrected chi connectivity index (χ4v) is 1.67. The second kappa shape index (κ2) is 5.77. The third-order valence-electron chi connectivity index (χ3n) is 2.41. The second-order valence-corrected chi connectivity index (χ2v) is 4.08. The van der Waals surface area contributed by atoms with Gasteiger partial charge in [-0.3, -0.25) is 4.79 Å². The van der Waals surface area contributed by atoms with Crippen LogP contribution in [0.25, 0.3) is 0 Å². The molecular formula is C12H14ClNO3. The molecule has 0 saturated carbocycles. The molecule has 17 heavy (non-hydrogen) atoms. The molecule has 1 heterocycles. The highest BCUT2D eigenvalue weighted by Crippen LogP contribution is 2.30. The molecule has 2 rings (SSSR count). The number of carbonyl (C=O) groups is 1. The van der Waals surface area contributed by atoms with Crippen molar-refractivity contribution in [2.45, 2.75) is 12.5 Å². The van der Waals surface area contributed by atoms with Crippen LogP contribution in [-0.2, 0) is 4.79 Å². The molecule has 1 aromatic carbocycles. The van der Waals surface area contributed by atoms with Gasteiger partial charge in [0.2, 0.25) is 6.10 Å². The highest BCUT2D eigenvalue weighted by molar-refractivity contribution is 6.17. The molecule has 4 nitrogen and oxygen atoms in total. The molecule has 1 aromatic rings. The minimum absolute atomic E-state index is 0.162. The maximum Gasteiger partial charge on any atom is 0.264 e. The van der Waals surface area contributed by atoms with Crippen molar-refractivity contribution in [2.75, 3.05) is 19.0 Å². The normalized spacial score (nSPS) is 17.6. The van der Waals surface area contributed by atoms with Crippen molar-refractivity contribution in [3.63, 3.8) is 0 Å². The van der Waals surface area contributed by atoms with Crippen LogP contribution < -0.4 is 14.8 Å². The number of fused-ring (bicyclic) bond motifs is 1. The first-order valence-corrected chi connectivity index (χ1v) is 6.07. The van der Waals surface area contributed by atoms with Crippen LogP contribution in [0.15, 0.2) is 24.3 Å². The zero-order valence-corrected chi connectivity index (χ0v) is 10.1. The van der Waals surface area contributed by atoms with E-state index in [1.807, 2.05) is 18.2 Å². The smallest absolute Gasteiger partial charge is 0.264 e. The summed E-state index contributed by atoms with van der Waals surface area (Å²) in [7, 11) is 0. The molecule has 0 spiro atoms. The van der Waals surface area contributed by atoms with Gasteiger partial charge < -0.3 is 14.8 Å². The Morgan fingerprint density at radius 1 is 1.41 bits per heavy atom. The lowest BCUT2D eigenvalue weighted by Gasteiger charge is -2.25. The summed E-state index contributed by atoms with van der Waals surface area (Å²) in [6.45, 7) is 0.799. The lowest BCUT2D eigenvalue weighted by Crippen LogP contribution is -2.44. The average Bonchev–Trinajstić information content (AvgIpc) is 2.38. The SMILES string of the molecule is O=C(NCCCCl)C1COc2ccccc2O1. The fraction of sp³-hybridized carbons (Fsp3) is 0.417. The van der Waals surface area contributed by atoms with Crippen molar-refractivity contribution in [3.8, 4) is 11.5 Å². The molecule has 0 bridgehead atoms. The maximum absolute atomic E-state index is 11.7. The Morgan fingerprint density at radius 2 is 2.18 bits per heavy atom. The van der Waals surface area contributed by atoms with E-state index in [9.17, 15) is 4.79 Å². The summed E-state index contributed by atoms with van der Waals surface area (Å²) in [5.41, 5.74) is 0. The summed E-state index contributed by atoms with van der Waals surface area (Å²) in [5, 5.41) is 2.76. The van der Waals surface area contributed by atoms with Crippen LogP contribution in [-0.4, -0.2) is 31.0 Å². The minimum Gasteiger partial charge on any atom is -0.485 e. The van der Waals surface area contributed by atoms with Crippen molar-refractivity contribution in [2.24, 2.45) is 0 Å². The van der Waals surface area contributed by atoms with Gasteiger partial charge in [0.25, 0.3) is 5.91 Å². The molecule has 5 heteroatoms. The summed E-state index contributed by atoms with van der Waals surface area (Å²) in [5.74, 6) is 1.66. The van der Waals surface area contributed by atoms with Gasteiger partial charge in [-0.05, 0) is 18.6 Å². The van der Waals surface area contributed by atoms with Crippen LogP contribution in [0.3, 0.4) is 0 Å². The molecule has 0 saturated heterocycles. The van der Waals surface area contributed by atoms with Gasteiger partial charge in [-0.2, -0.15) is 0 Å². The number of hydrogen-bond acceptors (Lipinski definition) is 3. The molecule has 92 valence electrons. The van der Waals surface area contributed by atoms with Crippen molar-refractivity contribution in [3.05, 3.63) is 24.3 Å². The summed E-state index contributed by atoms with van der Waals surface area (Å²) in [6.07, 6.45) is 0.164. The minimum atomic E-state index is -0.583. The van der Waals surface area contributed by atoms with E-state index in [1.54, 1.807) is 6.07 Å². The molecule has 0 aromatic heterocycles. The molecule has 0 aliphatic carbocycles. The van der Waals surface area contributed by atoms with Gasteiger partial charge in [-0.15, -0.1) is 11.6 Å². The number of alkyl halides is 1. The molecule has 1 unspecified atom stereocenters. The zero-order valence-electron chi connectivity index (χ0n) is 9.32. The van der Waals surface area contributed by atoms with Gasteiger partial charge in [-0.1, -0.05) is 12.1 Å². The van der Waals surface area contributed by atoms with Gasteiger partial charge in [-0.25, -0.2) is 0 Å². The topological polar surface area (TPSA) is 47.6 Å². The lowest BCUT2D eigenvalue weighted by molar-refractivity contribution is -0.130. The van der Waals surface area contributed by atoms with E-state index < -0.39 is 6.10 Å². The van der Waals surface area contributed by atoms with Crippen molar-refractivity contribution in [1.29, 1.82) is 0 Å². The van der Waals surface area contributed by atoms with Gasteiger partial charge in [0.1, 0.15) is 6.61 Å². The zero-order chi connectivity index (χ0) is 12.1. The van der Waals surface area contributed by atoms with Crippen LogP contribution in [0.2, 0.25) is 0 Å². The Morgan fingerprint density at radius 3 is 2.94 bits per heavy atom. The van der Waals surface area contributed by atoms with Crippen LogP contribution in [0, 0.1) is 0 Å². The van der Waals surface area contributed by atoms with Gasteiger partial charge in [0, 0.05) is 12.4 Å². The van der Waals surface area contributed by atoms with Crippen molar-refractivity contribution < 1.29 is 14.3 Å². The molecule has 1 atom stereocenters. The number of halogens is 1. The number of rotatable bonds is 4. The molecule has 1 aliphatic rings. The Hall–Kier alpha value is -1.42. The van der Waals surface area contributed by atoms with Gasteiger partial charge >= 0.3 is 0 Å². The predicted octanol–water partition coefficient (Wildman–Crippen LogP) is 1.57. The summed E-state index contributed by atoms with van der Waals surface area (Å²) in [4.78, 5) is 11.7. The van der Waals surface area contributed by atoms with Crippen LogP contribution in [0.4, 0.5) is 0 Å². The Kier molecular flexibility index (Phi) is 4.09. The van der Waals surface area contributed by atoms with Crippen LogP contribution in [0.1, 0.15) is 6.42 Å². The number of nitrogens with one attached hydrogen (secondary N) is 1. The van der Waals surface area contributed by atoms with E-state index in [4.69, 9.17) is 21.1 Å². The number of carbonyl (C=O) groups excluding carboxylic acids is 1. The van der Waals surface area contributed by atoms with E-state index >= 15 is 0 Å². The van der Waals surface area contributed by atoms with E-state index in [-0.39, 0.29) is 12.5 Å². The second-order valence-electron chi connectivity index (χ2n) is 3.70. The van der Waals surface area contributed by atoms with E-state index in [1.165, 1.54) is 0 Å². The first kappa shape index (κ1) is 12.0. The predicted molar refractivity (Wildman–Crippen MR) is 64.7 cm³/mol. The molecule has 1 N–H and O–H groups in total. The van der Waals surface area contributed by atoms with Gasteiger partial charge in [0.05, 0.1) is 0 Å². The molecule has 0 radical (unpaired) electrons. The molecule has 1 aliphatic heterocycles. The summed E-state index contributed by atoms with van der Waals surface area (Å²) < 4.78 is 11.0. The summed E-state index contributed by atoms with van der Waals surface area (Å²) in [6, 6.07) is 7.31. The third kappa shape index (κ3) is 3.03. The molecular weight excluding hydrogens is 242 g/mol. The third-order valence-corrected chi connectivity index (χ3v) is 2.68. The lowest BCUT2D eigenvalue weighted by atomic mass is 10.2. The average molecular weight is 256 g/mol. The number of benzene rings is 1. The first-order chi connectivity index (χ1) is 8.31. The van der Waals surface area contributed by atoms with Gasteiger partial charge in [0.15, 0.2) is 11.5 Å². The number of para-hydroxylation sites is 2. The quantitative estimate of drug-likeness (QED) is 0.656. The highest BCUT2D eigenvalue weighted by Gasteiger charge is 2.26. The Bertz CT molecular complexity index is 397. The van der Waals surface area contributed by atoms with Crippen LogP contribution in [0.5, 0.6) is 11.5 Å². The Balaban J connectivity index is 1.91. The maximum atomic E-state index is 11.7. The number of amides is 1. The molecule has 1 amide bonds. The monoisotopic (exact) mass is 255 g/mol. The van der Waals surface area contributed by atoms with Crippen molar-refractivity contribution in [1.82, 2.24) is 5.32 Å².